The molecule has 0 aliphatic carbocycles. The number of piperidine rings is 1. The molecule has 3 heterocycles. The van der Waals surface area contributed by atoms with Crippen LogP contribution < -0.4 is 5.32 Å². The molecule has 1 N–H and O–H groups in total. The molecule has 144 valence electrons. The van der Waals surface area contributed by atoms with E-state index < -0.39 is 0 Å². The number of benzene rings is 1. The Morgan fingerprint density at radius 1 is 1.21 bits per heavy atom. The molecule has 1 aliphatic heterocycles. The fourth-order valence-electron chi connectivity index (χ4n) is 3.28. The van der Waals surface area contributed by atoms with Crippen molar-refractivity contribution in [2.24, 2.45) is 0 Å². The average molecular weight is 398 g/mol. The highest BCUT2D eigenvalue weighted by molar-refractivity contribution is 6.30. The predicted molar refractivity (Wildman–Crippen MR) is 106 cm³/mol. The zero-order valence-corrected chi connectivity index (χ0v) is 16.2. The van der Waals surface area contributed by atoms with Crippen LogP contribution in [-0.4, -0.2) is 39.1 Å². The number of nitrogens with one attached hydrogen (secondary N) is 1. The van der Waals surface area contributed by atoms with E-state index in [1.165, 1.54) is 0 Å². The summed E-state index contributed by atoms with van der Waals surface area (Å²) in [6.45, 7) is 3.10. The van der Waals surface area contributed by atoms with E-state index in [0.717, 1.165) is 24.1 Å². The standard InChI is InChI=1S/C20H20ClN5O2/c1-13-4-2-6-17(22-13)23-20(27)26-11-3-5-15(12-26)19-24-18(25-28-19)14-7-9-16(21)10-8-14/h2,4,6-10,15H,3,5,11-12H2,1H3,(H,22,23,27). The second kappa shape index (κ2) is 7.98. The van der Waals surface area contributed by atoms with Gasteiger partial charge in [0.15, 0.2) is 0 Å². The Morgan fingerprint density at radius 3 is 2.82 bits per heavy atom. The van der Waals surface area contributed by atoms with Crippen LogP contribution in [0.1, 0.15) is 30.3 Å². The molecule has 1 unspecified atom stereocenters. The molecule has 0 saturated carbocycles. The molecular formula is C20H20ClN5O2. The van der Waals surface area contributed by atoms with Gasteiger partial charge in [0.25, 0.3) is 0 Å². The largest absolute Gasteiger partial charge is 0.339 e. The first-order valence-corrected chi connectivity index (χ1v) is 9.55. The molecule has 0 bridgehead atoms. The Hall–Kier alpha value is -2.93. The van der Waals surface area contributed by atoms with E-state index in [1.807, 2.05) is 31.2 Å². The second-order valence-electron chi connectivity index (χ2n) is 6.84. The number of anilines is 1. The van der Waals surface area contributed by atoms with Crippen molar-refractivity contribution in [3.05, 3.63) is 59.1 Å². The van der Waals surface area contributed by atoms with E-state index in [2.05, 4.69) is 20.4 Å². The monoisotopic (exact) mass is 397 g/mol. The summed E-state index contributed by atoms with van der Waals surface area (Å²) in [5, 5.41) is 7.59. The summed E-state index contributed by atoms with van der Waals surface area (Å²) in [6, 6.07) is 12.7. The third kappa shape index (κ3) is 4.14. The van der Waals surface area contributed by atoms with Gasteiger partial charge in [-0.1, -0.05) is 22.8 Å². The predicted octanol–water partition coefficient (Wildman–Crippen LogP) is 4.50. The molecule has 3 aromatic rings. The van der Waals surface area contributed by atoms with Gasteiger partial charge in [0.2, 0.25) is 11.7 Å². The van der Waals surface area contributed by atoms with Crippen LogP contribution in [0.3, 0.4) is 0 Å². The quantitative estimate of drug-likeness (QED) is 0.703. The molecule has 0 spiro atoms. The number of halogens is 1. The number of hydrogen-bond donors (Lipinski definition) is 1. The molecule has 1 aliphatic rings. The Balaban J connectivity index is 1.43. The summed E-state index contributed by atoms with van der Waals surface area (Å²) in [6.07, 6.45) is 1.77. The van der Waals surface area contributed by atoms with Gasteiger partial charge in [-0.2, -0.15) is 4.98 Å². The van der Waals surface area contributed by atoms with Crippen LogP contribution in [-0.2, 0) is 0 Å². The number of carbonyl (C=O) groups excluding carboxylic acids is 1. The topological polar surface area (TPSA) is 84.2 Å². The lowest BCUT2D eigenvalue weighted by Crippen LogP contribution is -2.41. The number of aryl methyl sites for hydroxylation is 1. The number of hydrogen-bond acceptors (Lipinski definition) is 5. The second-order valence-corrected chi connectivity index (χ2v) is 7.28. The number of pyridine rings is 1. The first-order chi connectivity index (χ1) is 13.6. The number of carbonyl (C=O) groups is 1. The van der Waals surface area contributed by atoms with Crippen molar-refractivity contribution < 1.29 is 9.32 Å². The Morgan fingerprint density at radius 2 is 2.04 bits per heavy atom. The summed E-state index contributed by atoms with van der Waals surface area (Å²) >= 11 is 5.93. The van der Waals surface area contributed by atoms with Crippen molar-refractivity contribution in [2.75, 3.05) is 18.4 Å². The Kier molecular flexibility index (Phi) is 5.25. The molecular weight excluding hydrogens is 378 g/mol. The molecule has 2 amide bonds. The summed E-state index contributed by atoms with van der Waals surface area (Å²) in [4.78, 5) is 23.2. The van der Waals surface area contributed by atoms with E-state index in [0.29, 0.717) is 35.6 Å². The van der Waals surface area contributed by atoms with Gasteiger partial charge in [-0.05, 0) is 56.2 Å². The van der Waals surface area contributed by atoms with Gasteiger partial charge in [0, 0.05) is 29.4 Å². The first-order valence-electron chi connectivity index (χ1n) is 9.17. The lowest BCUT2D eigenvalue weighted by atomic mass is 9.98. The van der Waals surface area contributed by atoms with Crippen LogP contribution in [0.5, 0.6) is 0 Å². The Bertz CT molecular complexity index is 973. The van der Waals surface area contributed by atoms with Crippen LogP contribution in [0.25, 0.3) is 11.4 Å². The molecule has 1 saturated heterocycles. The lowest BCUT2D eigenvalue weighted by Gasteiger charge is -2.30. The van der Waals surface area contributed by atoms with E-state index in [-0.39, 0.29) is 11.9 Å². The zero-order valence-electron chi connectivity index (χ0n) is 15.4. The molecule has 8 heteroatoms. The highest BCUT2D eigenvalue weighted by Gasteiger charge is 2.29. The number of rotatable bonds is 3. The summed E-state index contributed by atoms with van der Waals surface area (Å²) in [5.41, 5.74) is 1.70. The fraction of sp³-hybridized carbons (Fsp3) is 0.300. The van der Waals surface area contributed by atoms with E-state index >= 15 is 0 Å². The average Bonchev–Trinajstić information content (AvgIpc) is 3.19. The van der Waals surface area contributed by atoms with Gasteiger partial charge in [0.1, 0.15) is 5.82 Å². The van der Waals surface area contributed by atoms with Crippen LogP contribution >= 0.6 is 11.6 Å². The van der Waals surface area contributed by atoms with Gasteiger partial charge in [-0.25, -0.2) is 9.78 Å². The maximum Gasteiger partial charge on any atom is 0.323 e. The van der Waals surface area contributed by atoms with Gasteiger partial charge in [-0.15, -0.1) is 0 Å². The van der Waals surface area contributed by atoms with E-state index in [9.17, 15) is 4.79 Å². The maximum atomic E-state index is 12.6. The molecule has 0 radical (unpaired) electrons. The fourth-order valence-corrected chi connectivity index (χ4v) is 3.41. The van der Waals surface area contributed by atoms with E-state index in [1.54, 1.807) is 23.1 Å². The lowest BCUT2D eigenvalue weighted by molar-refractivity contribution is 0.184. The summed E-state index contributed by atoms with van der Waals surface area (Å²) < 4.78 is 5.49. The molecule has 2 aromatic heterocycles. The molecule has 7 nitrogen and oxygen atoms in total. The third-order valence-corrected chi connectivity index (χ3v) is 4.98. The minimum atomic E-state index is -0.166. The smallest absolute Gasteiger partial charge is 0.323 e. The minimum Gasteiger partial charge on any atom is -0.339 e. The van der Waals surface area contributed by atoms with Gasteiger partial charge in [0.05, 0.1) is 5.92 Å². The molecule has 1 atom stereocenters. The Labute approximate surface area is 167 Å². The third-order valence-electron chi connectivity index (χ3n) is 4.73. The highest BCUT2D eigenvalue weighted by Crippen LogP contribution is 2.28. The van der Waals surface area contributed by atoms with Crippen molar-refractivity contribution in [2.45, 2.75) is 25.7 Å². The first kappa shape index (κ1) is 18.4. The van der Waals surface area contributed by atoms with Crippen LogP contribution in [0.15, 0.2) is 47.0 Å². The molecule has 4 rings (SSSR count). The van der Waals surface area contributed by atoms with Crippen molar-refractivity contribution in [3.63, 3.8) is 0 Å². The molecule has 28 heavy (non-hydrogen) atoms. The number of aromatic nitrogens is 3. The number of nitrogens with zero attached hydrogens (tertiary/aromatic N) is 4. The molecule has 1 aromatic carbocycles. The maximum absolute atomic E-state index is 12.6. The van der Waals surface area contributed by atoms with Crippen LogP contribution in [0.4, 0.5) is 10.6 Å². The van der Waals surface area contributed by atoms with Crippen LogP contribution in [0, 0.1) is 6.92 Å². The summed E-state index contributed by atoms with van der Waals surface area (Å²) in [7, 11) is 0. The van der Waals surface area contributed by atoms with Crippen molar-refractivity contribution in [3.8, 4) is 11.4 Å². The van der Waals surface area contributed by atoms with Gasteiger partial charge >= 0.3 is 6.03 Å². The minimum absolute atomic E-state index is 0.0125. The van der Waals surface area contributed by atoms with Crippen LogP contribution in [0.2, 0.25) is 5.02 Å². The van der Waals surface area contributed by atoms with Crippen molar-refractivity contribution in [1.29, 1.82) is 0 Å². The summed E-state index contributed by atoms with van der Waals surface area (Å²) in [5.74, 6) is 1.64. The van der Waals surface area contributed by atoms with Gasteiger partial charge < -0.3 is 9.42 Å². The van der Waals surface area contributed by atoms with E-state index in [4.69, 9.17) is 16.1 Å². The SMILES string of the molecule is Cc1cccc(NC(=O)N2CCCC(c3nc(-c4ccc(Cl)cc4)no3)C2)n1. The molecule has 1 fully saturated rings. The van der Waals surface area contributed by atoms with Crippen molar-refractivity contribution >= 4 is 23.4 Å². The number of urea groups is 1. The number of amides is 2. The highest BCUT2D eigenvalue weighted by atomic mass is 35.5. The zero-order chi connectivity index (χ0) is 19.5. The number of likely N-dealkylation sites (tertiary alicyclic amines) is 1. The van der Waals surface area contributed by atoms with Crippen molar-refractivity contribution in [1.82, 2.24) is 20.0 Å². The normalized spacial score (nSPS) is 16.8. The van der Waals surface area contributed by atoms with Gasteiger partial charge in [-0.3, -0.25) is 5.32 Å².